The Morgan fingerprint density at radius 1 is 1.16 bits per heavy atom. The highest BCUT2D eigenvalue weighted by atomic mass is 14.6. The molecule has 3 saturated carbocycles. The molecule has 4 aliphatic rings. The molecule has 4 rings (SSSR count). The fourth-order valence-corrected chi connectivity index (χ4v) is 7.81. The van der Waals surface area contributed by atoms with Crippen LogP contribution in [0.25, 0.3) is 0 Å². The Kier molecular flexibility index (Phi) is 5.86. The van der Waals surface area contributed by atoms with E-state index < -0.39 is 0 Å². The first-order valence-corrected chi connectivity index (χ1v) is 11.4. The Hall–Kier alpha value is -0.520. The van der Waals surface area contributed by atoms with Crippen molar-refractivity contribution in [2.75, 3.05) is 0 Å². The lowest BCUT2D eigenvalue weighted by Gasteiger charge is -2.56. The second-order valence-electron chi connectivity index (χ2n) is 9.50. The molecular weight excluding hydrogens is 300 g/mol. The van der Waals surface area contributed by atoms with Crippen LogP contribution in [0.5, 0.6) is 0 Å². The largest absolute Gasteiger partial charge is 0.0995 e. The molecule has 0 amide bonds. The van der Waals surface area contributed by atoms with Gasteiger partial charge in [0.1, 0.15) is 0 Å². The average molecular weight is 343 g/mol. The van der Waals surface area contributed by atoms with E-state index in [1.807, 2.05) is 19.4 Å². The van der Waals surface area contributed by atoms with Crippen LogP contribution in [-0.4, -0.2) is 0 Å². The predicted octanol–water partition coefficient (Wildman–Crippen LogP) is 7.80. The number of fused-ring (bicyclic) bond motifs is 5. The van der Waals surface area contributed by atoms with Gasteiger partial charge in [-0.3, -0.25) is 0 Å². The van der Waals surface area contributed by atoms with Gasteiger partial charge in [0.05, 0.1) is 0 Å². The zero-order valence-electron chi connectivity index (χ0n) is 17.6. The highest BCUT2D eigenvalue weighted by Crippen LogP contribution is 2.67. The maximum atomic E-state index is 4.71. The zero-order chi connectivity index (χ0) is 18.2. The Labute approximate surface area is 157 Å². The molecule has 4 aliphatic carbocycles. The van der Waals surface area contributed by atoms with Crippen LogP contribution in [0, 0.1) is 40.9 Å². The molecule has 25 heavy (non-hydrogen) atoms. The fourth-order valence-electron chi connectivity index (χ4n) is 7.81. The summed E-state index contributed by atoms with van der Waals surface area (Å²) in [5.74, 6) is 5.46. The van der Waals surface area contributed by atoms with Crippen molar-refractivity contribution in [1.29, 1.82) is 0 Å². The third kappa shape index (κ3) is 2.96. The molecule has 3 unspecified atom stereocenters. The SMILES string of the molecule is C=C1CC2(CC)[C@H](C(C)C)CC[C@H]2C2CCC3=CCCCC3[C@@H]12.CC. The lowest BCUT2D eigenvalue weighted by molar-refractivity contribution is -0.0124. The molecule has 0 N–H and O–H groups in total. The highest BCUT2D eigenvalue weighted by molar-refractivity contribution is 5.27. The molecule has 0 saturated heterocycles. The molecule has 3 fully saturated rings. The highest BCUT2D eigenvalue weighted by Gasteiger charge is 2.58. The van der Waals surface area contributed by atoms with E-state index in [-0.39, 0.29) is 0 Å². The Morgan fingerprint density at radius 3 is 2.60 bits per heavy atom. The molecule has 0 nitrogen and oxygen atoms in total. The summed E-state index contributed by atoms with van der Waals surface area (Å²) < 4.78 is 0. The molecule has 142 valence electrons. The molecule has 0 heterocycles. The van der Waals surface area contributed by atoms with Crippen LogP contribution in [0.2, 0.25) is 0 Å². The van der Waals surface area contributed by atoms with Gasteiger partial charge in [0.15, 0.2) is 0 Å². The topological polar surface area (TPSA) is 0 Å². The second kappa shape index (κ2) is 7.61. The number of hydrogen-bond acceptors (Lipinski definition) is 0. The zero-order valence-corrected chi connectivity index (χ0v) is 17.6. The molecular formula is C25H42. The van der Waals surface area contributed by atoms with Gasteiger partial charge in [0.25, 0.3) is 0 Å². The molecule has 0 aliphatic heterocycles. The van der Waals surface area contributed by atoms with Crippen LogP contribution in [0.1, 0.15) is 92.4 Å². The first-order valence-electron chi connectivity index (χ1n) is 11.4. The summed E-state index contributed by atoms with van der Waals surface area (Å²) in [6.07, 6.45) is 15.4. The molecule has 0 radical (unpaired) electrons. The van der Waals surface area contributed by atoms with Crippen molar-refractivity contribution in [3.8, 4) is 0 Å². The van der Waals surface area contributed by atoms with E-state index in [2.05, 4.69) is 26.8 Å². The third-order valence-corrected chi connectivity index (χ3v) is 8.54. The summed E-state index contributed by atoms with van der Waals surface area (Å²) in [6, 6.07) is 0. The van der Waals surface area contributed by atoms with Gasteiger partial charge in [0, 0.05) is 0 Å². The monoisotopic (exact) mass is 342 g/mol. The number of rotatable bonds is 2. The van der Waals surface area contributed by atoms with E-state index >= 15 is 0 Å². The summed E-state index contributed by atoms with van der Waals surface area (Å²) in [5.41, 5.74) is 4.07. The number of hydrogen-bond donors (Lipinski definition) is 0. The van der Waals surface area contributed by atoms with E-state index in [0.29, 0.717) is 5.41 Å². The average Bonchev–Trinajstić information content (AvgIpc) is 3.03. The van der Waals surface area contributed by atoms with Gasteiger partial charge in [0.2, 0.25) is 0 Å². The molecule has 0 bridgehead atoms. The summed E-state index contributed by atoms with van der Waals surface area (Å²) in [7, 11) is 0. The quantitative estimate of drug-likeness (QED) is 0.449. The summed E-state index contributed by atoms with van der Waals surface area (Å²) in [4.78, 5) is 0. The maximum absolute atomic E-state index is 4.71. The minimum absolute atomic E-state index is 0.600. The van der Waals surface area contributed by atoms with Crippen molar-refractivity contribution in [3.63, 3.8) is 0 Å². The normalized spacial score (nSPS) is 42.7. The van der Waals surface area contributed by atoms with Crippen LogP contribution >= 0.6 is 0 Å². The van der Waals surface area contributed by atoms with Crippen molar-refractivity contribution in [2.24, 2.45) is 40.9 Å². The number of allylic oxidation sites excluding steroid dienone is 3. The third-order valence-electron chi connectivity index (χ3n) is 8.54. The van der Waals surface area contributed by atoms with Gasteiger partial charge in [-0.1, -0.05) is 58.4 Å². The standard InChI is InChI=1S/C23H36.C2H6/c1-5-23-14-16(4)22-18-9-7-6-8-17(18)10-11-19(22)21(23)13-12-20(23)15(2)3;1-2/h8,15,18-22H,4-7,9-14H2,1-3H3;1-2H3/t18?,19?,20-,21-,22+,23?;/m0./s1. The molecule has 0 aromatic heterocycles. The van der Waals surface area contributed by atoms with E-state index in [1.54, 1.807) is 5.57 Å². The van der Waals surface area contributed by atoms with Gasteiger partial charge in [-0.2, -0.15) is 0 Å². The van der Waals surface area contributed by atoms with Crippen molar-refractivity contribution in [2.45, 2.75) is 92.4 Å². The summed E-state index contributed by atoms with van der Waals surface area (Å²) >= 11 is 0. The van der Waals surface area contributed by atoms with E-state index in [0.717, 1.165) is 35.5 Å². The Morgan fingerprint density at radius 2 is 1.92 bits per heavy atom. The van der Waals surface area contributed by atoms with E-state index in [4.69, 9.17) is 6.58 Å². The van der Waals surface area contributed by atoms with Crippen molar-refractivity contribution < 1.29 is 0 Å². The lowest BCUT2D eigenvalue weighted by atomic mass is 9.48. The van der Waals surface area contributed by atoms with Crippen LogP contribution in [0.4, 0.5) is 0 Å². The smallest absolute Gasteiger partial charge is 0.0109 e. The maximum Gasteiger partial charge on any atom is -0.0109 e. The molecule has 0 aromatic carbocycles. The van der Waals surface area contributed by atoms with Gasteiger partial charge >= 0.3 is 0 Å². The van der Waals surface area contributed by atoms with Crippen LogP contribution in [-0.2, 0) is 0 Å². The van der Waals surface area contributed by atoms with Gasteiger partial charge < -0.3 is 0 Å². The Balaban J connectivity index is 0.000000880. The lowest BCUT2D eigenvalue weighted by Crippen LogP contribution is -2.48. The first kappa shape index (κ1) is 19.2. The second-order valence-corrected chi connectivity index (χ2v) is 9.50. The van der Waals surface area contributed by atoms with Gasteiger partial charge in [-0.15, -0.1) is 0 Å². The van der Waals surface area contributed by atoms with Crippen LogP contribution in [0.3, 0.4) is 0 Å². The molecule has 0 heteroatoms. The molecule has 6 atom stereocenters. The minimum atomic E-state index is 0.600. The predicted molar refractivity (Wildman–Crippen MR) is 111 cm³/mol. The molecule has 0 aromatic rings. The Bertz CT molecular complexity index is 510. The van der Waals surface area contributed by atoms with Crippen molar-refractivity contribution >= 4 is 0 Å². The van der Waals surface area contributed by atoms with Crippen LogP contribution in [0.15, 0.2) is 23.8 Å². The van der Waals surface area contributed by atoms with Crippen molar-refractivity contribution in [1.82, 2.24) is 0 Å². The minimum Gasteiger partial charge on any atom is -0.0995 e. The summed E-state index contributed by atoms with van der Waals surface area (Å²) in [6.45, 7) is 16.1. The van der Waals surface area contributed by atoms with E-state index in [9.17, 15) is 0 Å². The summed E-state index contributed by atoms with van der Waals surface area (Å²) in [5, 5.41) is 0. The first-order chi connectivity index (χ1) is 12.1. The molecule has 0 spiro atoms. The van der Waals surface area contributed by atoms with Gasteiger partial charge in [-0.05, 0) is 98.7 Å². The van der Waals surface area contributed by atoms with Crippen molar-refractivity contribution in [3.05, 3.63) is 23.8 Å². The van der Waals surface area contributed by atoms with Crippen LogP contribution < -0.4 is 0 Å². The van der Waals surface area contributed by atoms with E-state index in [1.165, 1.54) is 57.8 Å². The fraction of sp³-hybridized carbons (Fsp3) is 0.840. The van der Waals surface area contributed by atoms with Gasteiger partial charge in [-0.25, -0.2) is 0 Å².